The maximum atomic E-state index is 12.3. The number of amides is 1. The second-order valence-corrected chi connectivity index (χ2v) is 7.63. The molecule has 32 heavy (non-hydrogen) atoms. The van der Waals surface area contributed by atoms with Gasteiger partial charge in [0.05, 0.1) is 29.3 Å². The van der Waals surface area contributed by atoms with Gasteiger partial charge in [-0.1, -0.05) is 36.7 Å². The summed E-state index contributed by atoms with van der Waals surface area (Å²) >= 11 is 0. The average molecular weight is 426 g/mol. The number of aromatic amines is 1. The number of aromatic nitrogens is 5. The number of hydrogen-bond donors (Lipinski definition) is 2. The van der Waals surface area contributed by atoms with E-state index in [2.05, 4.69) is 44.7 Å². The van der Waals surface area contributed by atoms with E-state index in [9.17, 15) is 4.79 Å². The van der Waals surface area contributed by atoms with E-state index in [1.165, 1.54) is 0 Å². The maximum Gasteiger partial charge on any atom is 0.231 e. The molecule has 0 aliphatic carbocycles. The van der Waals surface area contributed by atoms with E-state index in [1.54, 1.807) is 12.3 Å². The Hall–Kier alpha value is -4.20. The number of rotatable bonds is 7. The standard InChI is InChI=1S/C24H22N6O2/c1-2-3-19-12-24(32-29-19)28-23(31)10-16-4-7-20(8-5-16)30-15-25-21-11-17(6-9-22(21)30)18-13-26-27-14-18/h4-9,11-15H,2-3,10H2,1H3,(H,26,27)(H,28,31). The molecule has 8 heteroatoms. The summed E-state index contributed by atoms with van der Waals surface area (Å²) in [5.74, 6) is 0.242. The number of nitrogens with zero attached hydrogens (tertiary/aromatic N) is 4. The molecule has 0 saturated heterocycles. The first-order valence-electron chi connectivity index (χ1n) is 10.5. The molecule has 1 amide bonds. The molecule has 2 aromatic carbocycles. The fraction of sp³-hybridized carbons (Fsp3) is 0.167. The Kier molecular flexibility index (Phi) is 5.25. The van der Waals surface area contributed by atoms with Gasteiger partial charge in [-0.05, 0) is 41.8 Å². The SMILES string of the molecule is CCCc1cc(NC(=O)Cc2ccc(-n3cnc4cc(-c5cn[nH]c5)ccc43)cc2)on1. The van der Waals surface area contributed by atoms with Crippen LogP contribution in [0.25, 0.3) is 27.8 Å². The van der Waals surface area contributed by atoms with Crippen molar-refractivity contribution in [2.75, 3.05) is 5.32 Å². The first kappa shape index (κ1) is 19.7. The minimum absolute atomic E-state index is 0.142. The van der Waals surface area contributed by atoms with E-state index in [4.69, 9.17) is 4.52 Å². The Bertz CT molecular complexity index is 1350. The van der Waals surface area contributed by atoms with Gasteiger partial charge in [-0.3, -0.25) is 19.8 Å². The van der Waals surface area contributed by atoms with Gasteiger partial charge in [-0.25, -0.2) is 4.98 Å². The molecule has 160 valence electrons. The first-order valence-corrected chi connectivity index (χ1v) is 10.5. The highest BCUT2D eigenvalue weighted by Gasteiger charge is 2.10. The van der Waals surface area contributed by atoms with Crippen LogP contribution in [0.4, 0.5) is 5.88 Å². The molecule has 0 radical (unpaired) electrons. The number of benzene rings is 2. The van der Waals surface area contributed by atoms with E-state index in [-0.39, 0.29) is 12.3 Å². The molecule has 3 aromatic heterocycles. The van der Waals surface area contributed by atoms with Gasteiger partial charge in [0, 0.05) is 23.5 Å². The minimum Gasteiger partial charge on any atom is -0.338 e. The zero-order valence-corrected chi connectivity index (χ0v) is 17.6. The van der Waals surface area contributed by atoms with Crippen LogP contribution in [-0.4, -0.2) is 30.8 Å². The number of carbonyl (C=O) groups excluding carboxylic acids is 1. The summed E-state index contributed by atoms with van der Waals surface area (Å²) in [6.07, 6.45) is 7.52. The van der Waals surface area contributed by atoms with Gasteiger partial charge in [0.25, 0.3) is 0 Å². The third-order valence-corrected chi connectivity index (χ3v) is 5.29. The summed E-state index contributed by atoms with van der Waals surface area (Å²) in [6, 6.07) is 15.8. The van der Waals surface area contributed by atoms with Crippen LogP contribution in [0.3, 0.4) is 0 Å². The van der Waals surface area contributed by atoms with Crippen molar-refractivity contribution < 1.29 is 9.32 Å². The molecule has 0 unspecified atom stereocenters. The zero-order valence-electron chi connectivity index (χ0n) is 17.6. The second-order valence-electron chi connectivity index (χ2n) is 7.63. The molecule has 5 aromatic rings. The molecule has 0 spiro atoms. The Morgan fingerprint density at radius 1 is 1.12 bits per heavy atom. The van der Waals surface area contributed by atoms with Crippen LogP contribution in [0.2, 0.25) is 0 Å². The molecule has 2 N–H and O–H groups in total. The zero-order chi connectivity index (χ0) is 21.9. The summed E-state index contributed by atoms with van der Waals surface area (Å²) in [5, 5.41) is 13.5. The molecule has 0 bridgehead atoms. The number of hydrogen-bond acceptors (Lipinski definition) is 5. The lowest BCUT2D eigenvalue weighted by atomic mass is 10.1. The number of fused-ring (bicyclic) bond motifs is 1. The van der Waals surface area contributed by atoms with Gasteiger partial charge < -0.3 is 4.52 Å². The summed E-state index contributed by atoms with van der Waals surface area (Å²) in [4.78, 5) is 16.9. The summed E-state index contributed by atoms with van der Waals surface area (Å²) in [5.41, 5.74) is 6.73. The molecular formula is C24H22N6O2. The Morgan fingerprint density at radius 2 is 2.00 bits per heavy atom. The molecule has 0 aliphatic rings. The van der Waals surface area contributed by atoms with Crippen molar-refractivity contribution in [2.45, 2.75) is 26.2 Å². The van der Waals surface area contributed by atoms with Crippen LogP contribution in [0.1, 0.15) is 24.6 Å². The number of H-pyrrole nitrogens is 1. The predicted octanol–water partition coefficient (Wildman–Crippen LogP) is 4.54. The van der Waals surface area contributed by atoms with E-state index < -0.39 is 0 Å². The Balaban J connectivity index is 1.29. The van der Waals surface area contributed by atoms with Crippen molar-refractivity contribution in [2.24, 2.45) is 0 Å². The summed E-state index contributed by atoms with van der Waals surface area (Å²) in [7, 11) is 0. The van der Waals surface area contributed by atoms with Gasteiger partial charge in [-0.2, -0.15) is 5.10 Å². The van der Waals surface area contributed by atoms with Gasteiger partial charge in [-0.15, -0.1) is 0 Å². The summed E-state index contributed by atoms with van der Waals surface area (Å²) in [6.45, 7) is 2.07. The second kappa shape index (κ2) is 8.50. The van der Waals surface area contributed by atoms with E-state index >= 15 is 0 Å². The van der Waals surface area contributed by atoms with E-state index in [1.807, 2.05) is 47.4 Å². The van der Waals surface area contributed by atoms with Crippen molar-refractivity contribution in [1.29, 1.82) is 0 Å². The minimum atomic E-state index is -0.142. The van der Waals surface area contributed by atoms with Crippen molar-refractivity contribution in [1.82, 2.24) is 24.9 Å². The quantitative estimate of drug-likeness (QED) is 0.398. The lowest BCUT2D eigenvalue weighted by Gasteiger charge is -2.07. The van der Waals surface area contributed by atoms with Crippen molar-refractivity contribution in [3.8, 4) is 16.8 Å². The van der Waals surface area contributed by atoms with Gasteiger partial charge in [0.1, 0.15) is 6.33 Å². The van der Waals surface area contributed by atoms with Crippen LogP contribution in [-0.2, 0) is 17.6 Å². The fourth-order valence-electron chi connectivity index (χ4n) is 3.69. The first-order chi connectivity index (χ1) is 15.7. The Morgan fingerprint density at radius 3 is 2.78 bits per heavy atom. The highest BCUT2D eigenvalue weighted by molar-refractivity contribution is 5.91. The largest absolute Gasteiger partial charge is 0.338 e. The molecule has 0 saturated carbocycles. The Labute approximate surface area is 184 Å². The number of imidazole rings is 1. The van der Waals surface area contributed by atoms with Crippen molar-refractivity contribution in [3.05, 3.63) is 78.5 Å². The highest BCUT2D eigenvalue weighted by Crippen LogP contribution is 2.25. The molecule has 3 heterocycles. The van der Waals surface area contributed by atoms with Gasteiger partial charge >= 0.3 is 0 Å². The number of anilines is 1. The van der Waals surface area contributed by atoms with Crippen LogP contribution >= 0.6 is 0 Å². The fourth-order valence-corrected chi connectivity index (χ4v) is 3.69. The molecule has 0 fully saturated rings. The topological polar surface area (TPSA) is 102 Å². The average Bonchev–Trinajstić information content (AvgIpc) is 3.55. The highest BCUT2D eigenvalue weighted by atomic mass is 16.5. The van der Waals surface area contributed by atoms with Crippen LogP contribution in [0, 0.1) is 0 Å². The van der Waals surface area contributed by atoms with E-state index in [0.717, 1.165) is 51.9 Å². The lowest BCUT2D eigenvalue weighted by Crippen LogP contribution is -2.13. The van der Waals surface area contributed by atoms with Crippen LogP contribution < -0.4 is 5.32 Å². The van der Waals surface area contributed by atoms with E-state index in [0.29, 0.717) is 5.88 Å². The van der Waals surface area contributed by atoms with Crippen molar-refractivity contribution in [3.63, 3.8) is 0 Å². The molecule has 5 rings (SSSR count). The number of carbonyl (C=O) groups is 1. The third kappa shape index (κ3) is 4.02. The third-order valence-electron chi connectivity index (χ3n) is 5.29. The number of nitrogens with one attached hydrogen (secondary N) is 2. The van der Waals surface area contributed by atoms with Crippen molar-refractivity contribution >= 4 is 22.8 Å². The predicted molar refractivity (Wildman–Crippen MR) is 121 cm³/mol. The molecule has 0 atom stereocenters. The maximum absolute atomic E-state index is 12.3. The normalized spacial score (nSPS) is 11.2. The smallest absolute Gasteiger partial charge is 0.231 e. The summed E-state index contributed by atoms with van der Waals surface area (Å²) < 4.78 is 7.20. The molecule has 0 aliphatic heterocycles. The van der Waals surface area contributed by atoms with Gasteiger partial charge in [0.2, 0.25) is 11.8 Å². The molecule has 8 nitrogen and oxygen atoms in total. The lowest BCUT2D eigenvalue weighted by molar-refractivity contribution is -0.115. The van der Waals surface area contributed by atoms with Crippen LogP contribution in [0.15, 0.2) is 71.8 Å². The monoisotopic (exact) mass is 426 g/mol. The van der Waals surface area contributed by atoms with Gasteiger partial charge in [0.15, 0.2) is 0 Å². The number of aryl methyl sites for hydroxylation is 1. The van der Waals surface area contributed by atoms with Crippen LogP contribution in [0.5, 0.6) is 0 Å². The molecular weight excluding hydrogens is 404 g/mol.